The van der Waals surface area contributed by atoms with Crippen LogP contribution in [0, 0.1) is 0 Å². The standard InChI is InChI=1S/C8H8F3N3O2/c9-8(10,11)4-16-14-7(15)6-5(12)2-1-3-13-6/h1-3H,4,12H2,(H,14,15). The highest BCUT2D eigenvalue weighted by atomic mass is 19.4. The van der Waals surface area contributed by atoms with Crippen LogP contribution in [-0.4, -0.2) is 23.7 Å². The van der Waals surface area contributed by atoms with Gasteiger partial charge in [-0.05, 0) is 12.1 Å². The molecule has 0 aliphatic heterocycles. The van der Waals surface area contributed by atoms with Crippen LogP contribution < -0.4 is 11.2 Å². The summed E-state index contributed by atoms with van der Waals surface area (Å²) in [5.74, 6) is -0.928. The zero-order valence-corrected chi connectivity index (χ0v) is 7.91. The van der Waals surface area contributed by atoms with Crippen molar-refractivity contribution >= 4 is 11.6 Å². The summed E-state index contributed by atoms with van der Waals surface area (Å²) in [6, 6.07) is 2.88. The van der Waals surface area contributed by atoms with Crippen LogP contribution in [-0.2, 0) is 4.84 Å². The highest BCUT2D eigenvalue weighted by Crippen LogP contribution is 2.14. The third kappa shape index (κ3) is 3.73. The van der Waals surface area contributed by atoms with Gasteiger partial charge >= 0.3 is 6.18 Å². The lowest BCUT2D eigenvalue weighted by Crippen LogP contribution is -2.30. The van der Waals surface area contributed by atoms with Gasteiger partial charge in [-0.3, -0.25) is 9.63 Å². The molecule has 88 valence electrons. The van der Waals surface area contributed by atoms with Gasteiger partial charge in [-0.25, -0.2) is 10.5 Å². The molecule has 0 saturated heterocycles. The molecule has 0 aromatic carbocycles. The molecule has 8 heteroatoms. The number of anilines is 1. The fourth-order valence-electron chi connectivity index (χ4n) is 0.839. The van der Waals surface area contributed by atoms with Crippen molar-refractivity contribution in [2.75, 3.05) is 12.3 Å². The van der Waals surface area contributed by atoms with Gasteiger partial charge in [0.05, 0.1) is 5.69 Å². The molecule has 0 unspecified atom stereocenters. The lowest BCUT2D eigenvalue weighted by atomic mass is 10.3. The van der Waals surface area contributed by atoms with Gasteiger partial charge in [-0.2, -0.15) is 13.2 Å². The second-order valence-electron chi connectivity index (χ2n) is 2.78. The summed E-state index contributed by atoms with van der Waals surface area (Å²) in [6.45, 7) is -1.58. The highest BCUT2D eigenvalue weighted by Gasteiger charge is 2.28. The van der Waals surface area contributed by atoms with Crippen molar-refractivity contribution in [3.63, 3.8) is 0 Å². The Morgan fingerprint density at radius 1 is 1.56 bits per heavy atom. The van der Waals surface area contributed by atoms with Gasteiger partial charge in [0.15, 0.2) is 12.3 Å². The molecule has 0 saturated carbocycles. The topological polar surface area (TPSA) is 77.2 Å². The van der Waals surface area contributed by atoms with Gasteiger partial charge < -0.3 is 5.73 Å². The van der Waals surface area contributed by atoms with E-state index in [0.717, 1.165) is 0 Å². The fraction of sp³-hybridized carbons (Fsp3) is 0.250. The number of halogens is 3. The molecule has 1 aromatic heterocycles. The molecule has 1 rings (SSSR count). The predicted molar refractivity (Wildman–Crippen MR) is 48.1 cm³/mol. The Hall–Kier alpha value is -1.83. The van der Waals surface area contributed by atoms with E-state index in [-0.39, 0.29) is 11.4 Å². The highest BCUT2D eigenvalue weighted by molar-refractivity contribution is 5.96. The largest absolute Gasteiger partial charge is 0.414 e. The first-order valence-electron chi connectivity index (χ1n) is 4.09. The van der Waals surface area contributed by atoms with E-state index in [2.05, 4.69) is 9.82 Å². The number of hydroxylamine groups is 1. The summed E-state index contributed by atoms with van der Waals surface area (Å²) in [7, 11) is 0. The number of amides is 1. The zero-order chi connectivity index (χ0) is 12.2. The van der Waals surface area contributed by atoms with E-state index in [1.165, 1.54) is 18.3 Å². The van der Waals surface area contributed by atoms with E-state index in [9.17, 15) is 18.0 Å². The Labute approximate surface area is 88.4 Å². The third-order valence-corrected chi connectivity index (χ3v) is 1.45. The Morgan fingerprint density at radius 3 is 2.81 bits per heavy atom. The number of carbonyl (C=O) groups is 1. The maximum Gasteiger partial charge on any atom is 0.414 e. The zero-order valence-electron chi connectivity index (χ0n) is 7.91. The van der Waals surface area contributed by atoms with Crippen LogP contribution in [0.15, 0.2) is 18.3 Å². The molecule has 16 heavy (non-hydrogen) atoms. The van der Waals surface area contributed by atoms with Crippen LogP contribution in [0.2, 0.25) is 0 Å². The van der Waals surface area contributed by atoms with Crippen molar-refractivity contribution in [3.8, 4) is 0 Å². The second-order valence-corrected chi connectivity index (χ2v) is 2.78. The summed E-state index contributed by atoms with van der Waals surface area (Å²) in [5, 5.41) is 0. The SMILES string of the molecule is Nc1cccnc1C(=O)NOCC(F)(F)F. The van der Waals surface area contributed by atoms with Gasteiger partial charge in [0.25, 0.3) is 5.91 Å². The van der Waals surface area contributed by atoms with Crippen molar-refractivity contribution in [1.29, 1.82) is 0 Å². The van der Waals surface area contributed by atoms with Crippen LogP contribution in [0.3, 0.4) is 0 Å². The molecule has 0 radical (unpaired) electrons. The number of rotatable bonds is 3. The molecule has 3 N–H and O–H groups in total. The lowest BCUT2D eigenvalue weighted by molar-refractivity contribution is -0.184. The fourth-order valence-corrected chi connectivity index (χ4v) is 0.839. The molecule has 0 atom stereocenters. The van der Waals surface area contributed by atoms with Gasteiger partial charge in [-0.15, -0.1) is 0 Å². The minimum atomic E-state index is -4.51. The van der Waals surface area contributed by atoms with Gasteiger partial charge in [-0.1, -0.05) is 0 Å². The average molecular weight is 235 g/mol. The molecule has 1 aromatic rings. The number of nitrogens with zero attached hydrogens (tertiary/aromatic N) is 1. The Kier molecular flexibility index (Phi) is 3.67. The number of nitrogen functional groups attached to an aromatic ring is 1. The number of hydrogen-bond donors (Lipinski definition) is 2. The maximum absolute atomic E-state index is 11.7. The van der Waals surface area contributed by atoms with E-state index >= 15 is 0 Å². The van der Waals surface area contributed by atoms with Crippen LogP contribution in [0.5, 0.6) is 0 Å². The molecule has 0 spiro atoms. The average Bonchev–Trinajstić information content (AvgIpc) is 2.16. The van der Waals surface area contributed by atoms with Crippen molar-refractivity contribution in [3.05, 3.63) is 24.0 Å². The number of nitrogens with two attached hydrogens (primary N) is 1. The summed E-state index contributed by atoms with van der Waals surface area (Å²) >= 11 is 0. The molecule has 0 bridgehead atoms. The monoisotopic (exact) mass is 235 g/mol. The predicted octanol–water partition coefficient (Wildman–Crippen LogP) is 0.887. The number of carbonyl (C=O) groups excluding carboxylic acids is 1. The van der Waals surface area contributed by atoms with Crippen molar-refractivity contribution < 1.29 is 22.8 Å². The first-order valence-corrected chi connectivity index (χ1v) is 4.09. The number of aromatic nitrogens is 1. The van der Waals surface area contributed by atoms with Crippen molar-refractivity contribution in [2.24, 2.45) is 0 Å². The first kappa shape index (κ1) is 12.2. The van der Waals surface area contributed by atoms with Gasteiger partial charge in [0.2, 0.25) is 0 Å². The Balaban J connectivity index is 2.51. The second kappa shape index (κ2) is 4.79. The number of alkyl halides is 3. The number of hydrogen-bond acceptors (Lipinski definition) is 4. The van der Waals surface area contributed by atoms with Crippen molar-refractivity contribution in [2.45, 2.75) is 6.18 Å². The first-order chi connectivity index (χ1) is 7.40. The van der Waals surface area contributed by atoms with Crippen molar-refractivity contribution in [1.82, 2.24) is 10.5 Å². The quantitative estimate of drug-likeness (QED) is 0.762. The third-order valence-electron chi connectivity index (χ3n) is 1.45. The summed E-state index contributed by atoms with van der Waals surface area (Å²) in [6.07, 6.45) is -3.22. The van der Waals surface area contributed by atoms with Crippen LogP contribution >= 0.6 is 0 Å². The molecule has 1 heterocycles. The number of pyridine rings is 1. The van der Waals surface area contributed by atoms with E-state index in [4.69, 9.17) is 5.73 Å². The van der Waals surface area contributed by atoms with Crippen LogP contribution in [0.4, 0.5) is 18.9 Å². The minimum Gasteiger partial charge on any atom is -0.397 e. The Bertz CT molecular complexity index is 381. The van der Waals surface area contributed by atoms with E-state index in [1.54, 1.807) is 5.48 Å². The maximum atomic E-state index is 11.7. The smallest absolute Gasteiger partial charge is 0.397 e. The molecular formula is C8H8F3N3O2. The molecule has 0 fully saturated rings. The minimum absolute atomic E-state index is 0.0515. The molecule has 5 nitrogen and oxygen atoms in total. The molecule has 0 aliphatic rings. The molecule has 1 amide bonds. The van der Waals surface area contributed by atoms with Crippen LogP contribution in [0.25, 0.3) is 0 Å². The summed E-state index contributed by atoms with van der Waals surface area (Å²) in [5.41, 5.74) is 6.83. The van der Waals surface area contributed by atoms with E-state index in [1.807, 2.05) is 0 Å². The number of nitrogens with one attached hydrogen (secondary N) is 1. The van der Waals surface area contributed by atoms with Gasteiger partial charge in [0.1, 0.15) is 0 Å². The van der Waals surface area contributed by atoms with E-state index < -0.39 is 18.7 Å². The lowest BCUT2D eigenvalue weighted by Gasteiger charge is -2.08. The Morgan fingerprint density at radius 2 is 2.25 bits per heavy atom. The normalized spacial score (nSPS) is 11.2. The van der Waals surface area contributed by atoms with E-state index in [0.29, 0.717) is 0 Å². The molecule has 0 aliphatic carbocycles. The summed E-state index contributed by atoms with van der Waals surface area (Å²) in [4.78, 5) is 18.7. The van der Waals surface area contributed by atoms with Crippen LogP contribution in [0.1, 0.15) is 10.5 Å². The molecular weight excluding hydrogens is 227 g/mol. The van der Waals surface area contributed by atoms with Gasteiger partial charge in [0, 0.05) is 6.20 Å². The summed E-state index contributed by atoms with van der Waals surface area (Å²) < 4.78 is 35.0.